The van der Waals surface area contributed by atoms with Gasteiger partial charge in [0.15, 0.2) is 5.96 Å². The molecule has 1 saturated heterocycles. The van der Waals surface area contributed by atoms with E-state index in [1.54, 1.807) is 0 Å². The summed E-state index contributed by atoms with van der Waals surface area (Å²) in [4.78, 5) is 18.9. The molecule has 6 nitrogen and oxygen atoms in total. The van der Waals surface area contributed by atoms with Crippen molar-refractivity contribution in [2.75, 3.05) is 26.2 Å². The lowest BCUT2D eigenvalue weighted by molar-refractivity contribution is -0.149. The number of guanidine groups is 1. The van der Waals surface area contributed by atoms with Gasteiger partial charge < -0.3 is 19.4 Å². The summed E-state index contributed by atoms with van der Waals surface area (Å²) in [6.07, 6.45) is 1.60. The number of nitrogens with one attached hydrogen (secondary N) is 1. The van der Waals surface area contributed by atoms with Crippen LogP contribution in [0.5, 0.6) is 0 Å². The lowest BCUT2D eigenvalue weighted by Gasteiger charge is -2.33. The topological polar surface area (TPSA) is 67.1 Å². The maximum absolute atomic E-state index is 11.9. The molecule has 3 rings (SSSR count). The van der Waals surface area contributed by atoms with E-state index in [9.17, 15) is 4.79 Å². The molecule has 2 heterocycles. The van der Waals surface area contributed by atoms with Crippen molar-refractivity contribution in [2.45, 2.75) is 40.2 Å². The zero-order chi connectivity index (χ0) is 19.2. The molecule has 0 saturated carbocycles. The third kappa shape index (κ3) is 4.43. The van der Waals surface area contributed by atoms with Gasteiger partial charge in [0, 0.05) is 30.6 Å². The molecular formula is C21H29N3O3. The lowest BCUT2D eigenvalue weighted by atomic mass is 9.97. The first-order valence-electron chi connectivity index (χ1n) is 9.80. The van der Waals surface area contributed by atoms with E-state index in [-0.39, 0.29) is 11.9 Å². The molecule has 1 aromatic carbocycles. The van der Waals surface area contributed by atoms with Crippen LogP contribution in [0.4, 0.5) is 0 Å². The number of aliphatic imine (C=N–C) groups is 1. The Morgan fingerprint density at radius 3 is 2.70 bits per heavy atom. The highest BCUT2D eigenvalue weighted by Gasteiger charge is 2.27. The summed E-state index contributed by atoms with van der Waals surface area (Å²) < 4.78 is 11.1. The van der Waals surface area contributed by atoms with Crippen molar-refractivity contribution < 1.29 is 13.9 Å². The molecule has 2 aromatic rings. The van der Waals surface area contributed by atoms with E-state index < -0.39 is 0 Å². The molecule has 0 bridgehead atoms. The van der Waals surface area contributed by atoms with Gasteiger partial charge in [-0.15, -0.1) is 0 Å². The van der Waals surface area contributed by atoms with Crippen LogP contribution < -0.4 is 5.32 Å². The normalized spacial score (nSPS) is 16.0. The van der Waals surface area contributed by atoms with Gasteiger partial charge in [-0.1, -0.05) is 18.2 Å². The molecular weight excluding hydrogens is 342 g/mol. The highest BCUT2D eigenvalue weighted by atomic mass is 16.5. The molecule has 1 aromatic heterocycles. The Morgan fingerprint density at radius 1 is 1.30 bits per heavy atom. The largest absolute Gasteiger partial charge is 0.466 e. The highest BCUT2D eigenvalue weighted by Crippen LogP contribution is 2.25. The van der Waals surface area contributed by atoms with Crippen LogP contribution in [0.15, 0.2) is 33.7 Å². The molecule has 1 fully saturated rings. The van der Waals surface area contributed by atoms with Gasteiger partial charge in [-0.3, -0.25) is 4.79 Å². The molecule has 146 valence electrons. The number of rotatable bonds is 5. The van der Waals surface area contributed by atoms with E-state index in [2.05, 4.69) is 30.1 Å². The molecule has 0 unspecified atom stereocenters. The Morgan fingerprint density at radius 2 is 2.04 bits per heavy atom. The second kappa shape index (κ2) is 8.93. The van der Waals surface area contributed by atoms with E-state index in [0.29, 0.717) is 13.2 Å². The number of esters is 1. The summed E-state index contributed by atoms with van der Waals surface area (Å²) >= 11 is 0. The van der Waals surface area contributed by atoms with Gasteiger partial charge in [-0.25, -0.2) is 4.99 Å². The van der Waals surface area contributed by atoms with Crippen LogP contribution in [0.25, 0.3) is 11.0 Å². The van der Waals surface area contributed by atoms with Crippen LogP contribution in [-0.4, -0.2) is 43.1 Å². The number of fused-ring (bicyclic) bond motifs is 1. The Balaban J connectivity index is 1.68. The standard InChI is InChI=1S/C21H29N3O3/c1-4-22-21(24-12-10-16(11-13-24)20(25)26-5-2)23-14-19-15(3)17-8-6-7-9-18(17)27-19/h6-9,16H,4-5,10-14H2,1-3H3,(H,22,23). The van der Waals surface area contributed by atoms with E-state index in [1.165, 1.54) is 0 Å². The third-order valence-electron chi connectivity index (χ3n) is 5.06. The van der Waals surface area contributed by atoms with Gasteiger partial charge in [0.1, 0.15) is 17.9 Å². The average Bonchev–Trinajstić information content (AvgIpc) is 3.01. The van der Waals surface area contributed by atoms with Crippen LogP contribution in [0, 0.1) is 12.8 Å². The molecule has 1 aliphatic rings. The van der Waals surface area contributed by atoms with Gasteiger partial charge in [-0.05, 0) is 39.7 Å². The smallest absolute Gasteiger partial charge is 0.309 e. The average molecular weight is 371 g/mol. The van der Waals surface area contributed by atoms with Crippen LogP contribution >= 0.6 is 0 Å². The number of hydrogen-bond donors (Lipinski definition) is 1. The van der Waals surface area contributed by atoms with Crippen molar-refractivity contribution in [3.05, 3.63) is 35.6 Å². The van der Waals surface area contributed by atoms with Crippen molar-refractivity contribution in [3.8, 4) is 0 Å². The molecule has 0 atom stereocenters. The molecule has 0 spiro atoms. The zero-order valence-corrected chi connectivity index (χ0v) is 16.5. The second-order valence-corrected chi connectivity index (χ2v) is 6.83. The van der Waals surface area contributed by atoms with Crippen molar-refractivity contribution in [1.29, 1.82) is 0 Å². The van der Waals surface area contributed by atoms with Gasteiger partial charge >= 0.3 is 5.97 Å². The first kappa shape index (κ1) is 19.3. The summed E-state index contributed by atoms with van der Waals surface area (Å²) in [5, 5.41) is 4.50. The molecule has 1 aliphatic heterocycles. The van der Waals surface area contributed by atoms with Crippen molar-refractivity contribution in [3.63, 3.8) is 0 Å². The number of nitrogens with zero attached hydrogens (tertiary/aromatic N) is 2. The van der Waals surface area contributed by atoms with Crippen LogP contribution in [0.1, 0.15) is 38.0 Å². The Hall–Kier alpha value is -2.50. The number of piperidine rings is 1. The highest BCUT2D eigenvalue weighted by molar-refractivity contribution is 5.83. The fraction of sp³-hybridized carbons (Fsp3) is 0.524. The quantitative estimate of drug-likeness (QED) is 0.495. The number of aryl methyl sites for hydroxylation is 1. The van der Waals surface area contributed by atoms with Crippen LogP contribution in [0.3, 0.4) is 0 Å². The van der Waals surface area contributed by atoms with Gasteiger partial charge in [0.05, 0.1) is 12.5 Å². The maximum atomic E-state index is 11.9. The maximum Gasteiger partial charge on any atom is 0.309 e. The fourth-order valence-electron chi connectivity index (χ4n) is 3.54. The third-order valence-corrected chi connectivity index (χ3v) is 5.06. The van der Waals surface area contributed by atoms with Crippen LogP contribution in [0.2, 0.25) is 0 Å². The fourth-order valence-corrected chi connectivity index (χ4v) is 3.54. The van der Waals surface area contributed by atoms with Crippen molar-refractivity contribution >= 4 is 22.9 Å². The number of ether oxygens (including phenoxy) is 1. The minimum atomic E-state index is -0.0722. The number of carbonyl (C=O) groups is 1. The van der Waals surface area contributed by atoms with Crippen molar-refractivity contribution in [1.82, 2.24) is 10.2 Å². The first-order valence-corrected chi connectivity index (χ1v) is 9.80. The van der Waals surface area contributed by atoms with Crippen LogP contribution in [-0.2, 0) is 16.1 Å². The predicted molar refractivity (Wildman–Crippen MR) is 107 cm³/mol. The number of likely N-dealkylation sites (tertiary alicyclic amines) is 1. The molecule has 1 N–H and O–H groups in total. The zero-order valence-electron chi connectivity index (χ0n) is 16.5. The van der Waals surface area contributed by atoms with E-state index in [4.69, 9.17) is 14.1 Å². The number of benzene rings is 1. The SMILES string of the molecule is CCNC(=NCc1oc2ccccc2c1C)N1CCC(C(=O)OCC)CC1. The van der Waals surface area contributed by atoms with Gasteiger partial charge in [0.2, 0.25) is 0 Å². The molecule has 6 heteroatoms. The lowest BCUT2D eigenvalue weighted by Crippen LogP contribution is -2.46. The number of furan rings is 1. The van der Waals surface area contributed by atoms with E-state index in [0.717, 1.165) is 60.7 Å². The van der Waals surface area contributed by atoms with Crippen molar-refractivity contribution in [2.24, 2.45) is 10.9 Å². The van der Waals surface area contributed by atoms with Gasteiger partial charge in [0.25, 0.3) is 0 Å². The monoisotopic (exact) mass is 371 g/mol. The minimum absolute atomic E-state index is 0.00157. The Kier molecular flexibility index (Phi) is 6.37. The molecule has 0 aliphatic carbocycles. The summed E-state index contributed by atoms with van der Waals surface area (Å²) in [6.45, 7) is 9.34. The summed E-state index contributed by atoms with van der Waals surface area (Å²) in [5.74, 6) is 1.70. The molecule has 27 heavy (non-hydrogen) atoms. The van der Waals surface area contributed by atoms with E-state index >= 15 is 0 Å². The number of para-hydroxylation sites is 1. The minimum Gasteiger partial charge on any atom is -0.466 e. The number of carbonyl (C=O) groups excluding carboxylic acids is 1. The molecule has 0 amide bonds. The molecule has 0 radical (unpaired) electrons. The van der Waals surface area contributed by atoms with E-state index in [1.807, 2.05) is 25.1 Å². The summed E-state index contributed by atoms with van der Waals surface area (Å²) in [6, 6.07) is 8.07. The first-order chi connectivity index (χ1) is 13.1. The predicted octanol–water partition coefficient (Wildman–Crippen LogP) is 3.48. The Bertz CT molecular complexity index is 804. The Labute approximate surface area is 160 Å². The summed E-state index contributed by atoms with van der Waals surface area (Å²) in [5.41, 5.74) is 2.05. The summed E-state index contributed by atoms with van der Waals surface area (Å²) in [7, 11) is 0. The second-order valence-electron chi connectivity index (χ2n) is 6.83. The number of hydrogen-bond acceptors (Lipinski definition) is 4. The van der Waals surface area contributed by atoms with Gasteiger partial charge in [-0.2, -0.15) is 0 Å².